The lowest BCUT2D eigenvalue weighted by Crippen LogP contribution is -2.42. The summed E-state index contributed by atoms with van der Waals surface area (Å²) in [6.45, 7) is 5.71. The first-order valence-electron chi connectivity index (χ1n) is 5.66. The number of carboxylic acids is 1. The molecule has 1 rings (SSSR count). The molecule has 0 saturated carbocycles. The van der Waals surface area contributed by atoms with Crippen LogP contribution >= 0.6 is 11.6 Å². The molecule has 1 unspecified atom stereocenters. The lowest BCUT2D eigenvalue weighted by molar-refractivity contribution is -0.140. The standard InChI is InChI=1S/C13H18ClNO2/c1-8(2)12(13(16)17)15-9(3)10-5-4-6-11(14)7-10/h4-9,12,15H,1-3H3,(H,16,17)/t9-,12?/m1/s1. The van der Waals surface area contributed by atoms with Crippen LogP contribution in [0, 0.1) is 5.92 Å². The molecule has 0 saturated heterocycles. The molecule has 17 heavy (non-hydrogen) atoms. The highest BCUT2D eigenvalue weighted by Gasteiger charge is 2.23. The van der Waals surface area contributed by atoms with Gasteiger partial charge in [-0.15, -0.1) is 0 Å². The summed E-state index contributed by atoms with van der Waals surface area (Å²) >= 11 is 5.91. The normalized spacial score (nSPS) is 14.6. The monoisotopic (exact) mass is 255 g/mol. The molecule has 0 amide bonds. The van der Waals surface area contributed by atoms with E-state index < -0.39 is 12.0 Å². The van der Waals surface area contributed by atoms with Crippen LogP contribution in [0.1, 0.15) is 32.4 Å². The van der Waals surface area contributed by atoms with Gasteiger partial charge in [0.15, 0.2) is 0 Å². The van der Waals surface area contributed by atoms with E-state index in [1.54, 1.807) is 6.07 Å². The number of halogens is 1. The van der Waals surface area contributed by atoms with Gasteiger partial charge in [0.1, 0.15) is 6.04 Å². The number of rotatable bonds is 5. The highest BCUT2D eigenvalue weighted by Crippen LogP contribution is 2.19. The molecule has 2 atom stereocenters. The van der Waals surface area contributed by atoms with Gasteiger partial charge in [-0.3, -0.25) is 10.1 Å². The van der Waals surface area contributed by atoms with Gasteiger partial charge in [0.25, 0.3) is 0 Å². The van der Waals surface area contributed by atoms with Crippen molar-refractivity contribution in [1.82, 2.24) is 5.32 Å². The Balaban J connectivity index is 2.77. The van der Waals surface area contributed by atoms with Crippen molar-refractivity contribution in [3.8, 4) is 0 Å². The zero-order valence-corrected chi connectivity index (χ0v) is 11.0. The average Bonchev–Trinajstić information content (AvgIpc) is 2.24. The summed E-state index contributed by atoms with van der Waals surface area (Å²) in [5.41, 5.74) is 0.990. The van der Waals surface area contributed by atoms with Crippen molar-refractivity contribution in [2.24, 2.45) is 5.92 Å². The third-order valence-corrected chi connectivity index (χ3v) is 2.95. The zero-order valence-electron chi connectivity index (χ0n) is 10.3. The quantitative estimate of drug-likeness (QED) is 0.850. The second-order valence-electron chi connectivity index (χ2n) is 4.50. The number of nitrogens with one attached hydrogen (secondary N) is 1. The lowest BCUT2D eigenvalue weighted by Gasteiger charge is -2.23. The van der Waals surface area contributed by atoms with Crippen molar-refractivity contribution in [2.45, 2.75) is 32.9 Å². The van der Waals surface area contributed by atoms with Crippen LogP contribution in [-0.2, 0) is 4.79 Å². The molecular formula is C13H18ClNO2. The first kappa shape index (κ1) is 14.0. The molecule has 0 aliphatic rings. The van der Waals surface area contributed by atoms with Gasteiger partial charge in [-0.05, 0) is 30.5 Å². The number of aliphatic carboxylic acids is 1. The van der Waals surface area contributed by atoms with E-state index in [4.69, 9.17) is 16.7 Å². The number of carboxylic acid groups (broad SMARTS) is 1. The second-order valence-corrected chi connectivity index (χ2v) is 4.94. The summed E-state index contributed by atoms with van der Waals surface area (Å²) in [4.78, 5) is 11.1. The Morgan fingerprint density at radius 3 is 2.47 bits per heavy atom. The van der Waals surface area contributed by atoms with Gasteiger partial charge in [-0.2, -0.15) is 0 Å². The number of hydrogen-bond donors (Lipinski definition) is 2. The Bertz CT molecular complexity index is 393. The predicted molar refractivity (Wildman–Crippen MR) is 69.3 cm³/mol. The van der Waals surface area contributed by atoms with Crippen molar-refractivity contribution < 1.29 is 9.90 Å². The van der Waals surface area contributed by atoms with E-state index in [0.717, 1.165) is 5.56 Å². The van der Waals surface area contributed by atoms with Gasteiger partial charge in [0.2, 0.25) is 0 Å². The molecule has 0 heterocycles. The van der Waals surface area contributed by atoms with Crippen LogP contribution in [0.4, 0.5) is 0 Å². The van der Waals surface area contributed by atoms with E-state index in [1.165, 1.54) is 0 Å². The maximum absolute atomic E-state index is 11.1. The Hall–Kier alpha value is -1.06. The summed E-state index contributed by atoms with van der Waals surface area (Å²) in [6.07, 6.45) is 0. The second kappa shape index (κ2) is 6.03. The van der Waals surface area contributed by atoms with Crippen LogP contribution in [0.15, 0.2) is 24.3 Å². The molecule has 2 N–H and O–H groups in total. The van der Waals surface area contributed by atoms with Gasteiger partial charge in [0, 0.05) is 11.1 Å². The lowest BCUT2D eigenvalue weighted by atomic mass is 10.0. The van der Waals surface area contributed by atoms with Crippen LogP contribution in [-0.4, -0.2) is 17.1 Å². The summed E-state index contributed by atoms with van der Waals surface area (Å²) in [5.74, 6) is -0.789. The van der Waals surface area contributed by atoms with Crippen LogP contribution in [0.3, 0.4) is 0 Å². The topological polar surface area (TPSA) is 49.3 Å². The van der Waals surface area contributed by atoms with Crippen molar-refractivity contribution in [2.75, 3.05) is 0 Å². The maximum atomic E-state index is 11.1. The molecule has 1 aromatic carbocycles. The van der Waals surface area contributed by atoms with Crippen molar-refractivity contribution in [1.29, 1.82) is 0 Å². The minimum absolute atomic E-state index is 0.0362. The first-order valence-corrected chi connectivity index (χ1v) is 6.04. The zero-order chi connectivity index (χ0) is 13.0. The first-order chi connectivity index (χ1) is 7.91. The summed E-state index contributed by atoms with van der Waals surface area (Å²) < 4.78 is 0. The van der Waals surface area contributed by atoms with Crippen molar-refractivity contribution >= 4 is 17.6 Å². The van der Waals surface area contributed by atoms with E-state index in [9.17, 15) is 4.79 Å². The molecule has 0 bridgehead atoms. The molecule has 3 nitrogen and oxygen atoms in total. The Morgan fingerprint density at radius 1 is 1.35 bits per heavy atom. The molecule has 0 radical (unpaired) electrons. The molecule has 4 heteroatoms. The maximum Gasteiger partial charge on any atom is 0.320 e. The van der Waals surface area contributed by atoms with Gasteiger partial charge in [-0.1, -0.05) is 37.6 Å². The van der Waals surface area contributed by atoms with Gasteiger partial charge < -0.3 is 5.11 Å². The molecule has 0 aliphatic heterocycles. The fourth-order valence-corrected chi connectivity index (χ4v) is 1.89. The van der Waals surface area contributed by atoms with Crippen LogP contribution in [0.2, 0.25) is 5.02 Å². The summed E-state index contributed by atoms with van der Waals surface area (Å²) in [6, 6.07) is 6.85. The molecule has 1 aromatic rings. The molecule has 94 valence electrons. The third-order valence-electron chi connectivity index (χ3n) is 2.71. The van der Waals surface area contributed by atoms with Crippen LogP contribution < -0.4 is 5.32 Å². The molecule has 0 aliphatic carbocycles. The highest BCUT2D eigenvalue weighted by atomic mass is 35.5. The number of hydrogen-bond acceptors (Lipinski definition) is 2. The summed E-state index contributed by atoms with van der Waals surface area (Å²) in [5, 5.41) is 12.9. The Labute approximate surface area is 107 Å². The van der Waals surface area contributed by atoms with E-state index in [-0.39, 0.29) is 12.0 Å². The molecule has 0 spiro atoms. The van der Waals surface area contributed by atoms with Gasteiger partial charge in [-0.25, -0.2) is 0 Å². The molecule has 0 fully saturated rings. The van der Waals surface area contributed by atoms with E-state index >= 15 is 0 Å². The van der Waals surface area contributed by atoms with E-state index in [0.29, 0.717) is 5.02 Å². The molecular weight excluding hydrogens is 238 g/mol. The van der Waals surface area contributed by atoms with Crippen LogP contribution in [0.25, 0.3) is 0 Å². The van der Waals surface area contributed by atoms with E-state index in [1.807, 2.05) is 39.0 Å². The third kappa shape index (κ3) is 4.02. The summed E-state index contributed by atoms with van der Waals surface area (Å²) in [7, 11) is 0. The Morgan fingerprint density at radius 2 is 2.00 bits per heavy atom. The largest absolute Gasteiger partial charge is 0.480 e. The van der Waals surface area contributed by atoms with Crippen LogP contribution in [0.5, 0.6) is 0 Å². The van der Waals surface area contributed by atoms with E-state index in [2.05, 4.69) is 5.32 Å². The average molecular weight is 256 g/mol. The minimum Gasteiger partial charge on any atom is -0.480 e. The number of carbonyl (C=O) groups is 1. The molecule has 0 aromatic heterocycles. The fourth-order valence-electron chi connectivity index (χ4n) is 1.69. The smallest absolute Gasteiger partial charge is 0.320 e. The minimum atomic E-state index is -0.825. The SMILES string of the molecule is CC(C)C(N[C@H](C)c1cccc(Cl)c1)C(=O)O. The predicted octanol–water partition coefficient (Wildman–Crippen LogP) is 3.10. The number of benzene rings is 1. The van der Waals surface area contributed by atoms with Gasteiger partial charge in [0.05, 0.1) is 0 Å². The Kier molecular flexibility index (Phi) is 4.97. The highest BCUT2D eigenvalue weighted by molar-refractivity contribution is 6.30. The fraction of sp³-hybridized carbons (Fsp3) is 0.462. The van der Waals surface area contributed by atoms with Crippen molar-refractivity contribution in [3.05, 3.63) is 34.9 Å². The van der Waals surface area contributed by atoms with Gasteiger partial charge >= 0.3 is 5.97 Å². The van der Waals surface area contributed by atoms with Crippen molar-refractivity contribution in [3.63, 3.8) is 0 Å².